The standard InChI is InChI=1S/C4H6F2O3.K/c5-4(6)9-2-1-3(7)8;/h4H,1-2H2,(H,7,8);/q;+1/p-1. The van der Waals surface area contributed by atoms with E-state index in [1.807, 2.05) is 0 Å². The number of hydrogen-bond acceptors (Lipinski definition) is 3. The SMILES string of the molecule is O=C([O-])CCOC(F)F.[K+]. The predicted molar refractivity (Wildman–Crippen MR) is 21.6 cm³/mol. The molecule has 0 saturated heterocycles. The van der Waals surface area contributed by atoms with Crippen molar-refractivity contribution in [2.45, 2.75) is 13.0 Å². The summed E-state index contributed by atoms with van der Waals surface area (Å²) in [4.78, 5) is 9.54. The van der Waals surface area contributed by atoms with Crippen molar-refractivity contribution in [3.63, 3.8) is 0 Å². The van der Waals surface area contributed by atoms with Crippen molar-refractivity contribution >= 4 is 5.97 Å². The van der Waals surface area contributed by atoms with E-state index in [0.717, 1.165) is 0 Å². The van der Waals surface area contributed by atoms with E-state index in [1.54, 1.807) is 0 Å². The van der Waals surface area contributed by atoms with Crippen LogP contribution >= 0.6 is 0 Å². The van der Waals surface area contributed by atoms with Gasteiger partial charge in [-0.25, -0.2) is 0 Å². The zero-order valence-electron chi connectivity index (χ0n) is 5.47. The molecule has 10 heavy (non-hydrogen) atoms. The quantitative estimate of drug-likeness (QED) is 0.417. The Labute approximate surface area is 99.2 Å². The molecule has 0 fully saturated rings. The Morgan fingerprint density at radius 3 is 2.40 bits per heavy atom. The van der Waals surface area contributed by atoms with Crippen molar-refractivity contribution in [3.8, 4) is 0 Å². The maximum absolute atomic E-state index is 11.0. The van der Waals surface area contributed by atoms with Gasteiger partial charge in [-0.05, 0) is 0 Å². The van der Waals surface area contributed by atoms with Crippen LogP contribution in [0.25, 0.3) is 0 Å². The first-order chi connectivity index (χ1) is 4.13. The fraction of sp³-hybridized carbons (Fsp3) is 0.750. The van der Waals surface area contributed by atoms with Gasteiger partial charge >= 0.3 is 58.0 Å². The first-order valence-corrected chi connectivity index (χ1v) is 2.22. The molecule has 0 aliphatic carbocycles. The molecule has 0 N–H and O–H groups in total. The summed E-state index contributed by atoms with van der Waals surface area (Å²) in [5.41, 5.74) is 0. The third-order valence-electron chi connectivity index (χ3n) is 0.550. The van der Waals surface area contributed by atoms with Gasteiger partial charge in [0.2, 0.25) is 0 Å². The van der Waals surface area contributed by atoms with Gasteiger partial charge in [-0.3, -0.25) is 0 Å². The summed E-state index contributed by atoms with van der Waals surface area (Å²) in [5.74, 6) is -1.39. The van der Waals surface area contributed by atoms with Crippen molar-refractivity contribution in [2.75, 3.05) is 6.61 Å². The fourth-order valence-electron chi connectivity index (χ4n) is 0.231. The van der Waals surface area contributed by atoms with Gasteiger partial charge in [-0.2, -0.15) is 8.78 Å². The van der Waals surface area contributed by atoms with Crippen LogP contribution in [0.15, 0.2) is 0 Å². The van der Waals surface area contributed by atoms with Gasteiger partial charge in [-0.1, -0.05) is 0 Å². The predicted octanol–water partition coefficient (Wildman–Crippen LogP) is -3.63. The number of rotatable bonds is 4. The maximum Gasteiger partial charge on any atom is 1.00 e. The Morgan fingerprint density at radius 1 is 1.60 bits per heavy atom. The van der Waals surface area contributed by atoms with Crippen LogP contribution in [0.1, 0.15) is 6.42 Å². The second-order valence-corrected chi connectivity index (χ2v) is 1.25. The maximum atomic E-state index is 11.0. The van der Waals surface area contributed by atoms with Gasteiger partial charge in [0, 0.05) is 12.4 Å². The van der Waals surface area contributed by atoms with E-state index < -0.39 is 25.6 Å². The molecule has 0 heterocycles. The molecule has 0 atom stereocenters. The molecule has 54 valence electrons. The number of ether oxygens (including phenoxy) is 1. The van der Waals surface area contributed by atoms with Crippen LogP contribution in [0.2, 0.25) is 0 Å². The third kappa shape index (κ3) is 11.7. The summed E-state index contributed by atoms with van der Waals surface area (Å²) in [6, 6.07) is 0. The molecule has 0 aromatic rings. The molecule has 0 aromatic carbocycles. The summed E-state index contributed by atoms with van der Waals surface area (Å²) in [5, 5.41) is 9.54. The largest absolute Gasteiger partial charge is 1.00 e. The Morgan fingerprint density at radius 2 is 2.10 bits per heavy atom. The second kappa shape index (κ2) is 8.03. The molecule has 0 unspecified atom stereocenters. The average molecular weight is 178 g/mol. The minimum Gasteiger partial charge on any atom is -0.550 e. The Bertz CT molecular complexity index is 98.5. The van der Waals surface area contributed by atoms with E-state index in [9.17, 15) is 18.7 Å². The van der Waals surface area contributed by atoms with Gasteiger partial charge in [0.15, 0.2) is 0 Å². The number of carboxylic acid groups (broad SMARTS) is 1. The first-order valence-electron chi connectivity index (χ1n) is 2.22. The summed E-state index contributed by atoms with van der Waals surface area (Å²) in [6.45, 7) is -3.40. The number of carbonyl (C=O) groups excluding carboxylic acids is 1. The van der Waals surface area contributed by atoms with E-state index in [-0.39, 0.29) is 51.4 Å². The number of aliphatic carboxylic acids is 1. The Kier molecular flexibility index (Phi) is 10.8. The van der Waals surface area contributed by atoms with Gasteiger partial charge in [0.05, 0.1) is 6.61 Å². The third-order valence-corrected chi connectivity index (χ3v) is 0.550. The Balaban J connectivity index is 0. The molecule has 0 rings (SSSR count). The van der Waals surface area contributed by atoms with Crippen LogP contribution in [-0.4, -0.2) is 19.2 Å². The molecule has 0 radical (unpaired) electrons. The Hall–Kier alpha value is 0.926. The molecule has 0 amide bonds. The first kappa shape index (κ1) is 13.5. The van der Waals surface area contributed by atoms with Crippen LogP contribution in [0.5, 0.6) is 0 Å². The van der Waals surface area contributed by atoms with Crippen LogP contribution in [0.3, 0.4) is 0 Å². The molecule has 0 spiro atoms. The molecule has 0 aliphatic heterocycles. The molecule has 3 nitrogen and oxygen atoms in total. The van der Waals surface area contributed by atoms with Crippen LogP contribution in [0, 0.1) is 0 Å². The van der Waals surface area contributed by atoms with E-state index in [2.05, 4.69) is 4.74 Å². The van der Waals surface area contributed by atoms with Gasteiger partial charge < -0.3 is 14.6 Å². The summed E-state index contributed by atoms with van der Waals surface area (Å²) >= 11 is 0. The van der Waals surface area contributed by atoms with E-state index in [1.165, 1.54) is 0 Å². The van der Waals surface area contributed by atoms with Crippen LogP contribution in [0.4, 0.5) is 8.78 Å². The molecule has 6 heteroatoms. The molecule has 0 saturated carbocycles. The number of hydrogen-bond donors (Lipinski definition) is 0. The molecular weight excluding hydrogens is 173 g/mol. The topological polar surface area (TPSA) is 49.4 Å². The minimum atomic E-state index is -2.90. The van der Waals surface area contributed by atoms with Gasteiger partial charge in [0.25, 0.3) is 0 Å². The molecule has 0 bridgehead atoms. The smallest absolute Gasteiger partial charge is 0.550 e. The van der Waals surface area contributed by atoms with Crippen molar-refractivity contribution in [1.29, 1.82) is 0 Å². The van der Waals surface area contributed by atoms with Crippen molar-refractivity contribution in [3.05, 3.63) is 0 Å². The second-order valence-electron chi connectivity index (χ2n) is 1.25. The van der Waals surface area contributed by atoms with Crippen molar-refractivity contribution in [1.82, 2.24) is 0 Å². The van der Waals surface area contributed by atoms with Crippen molar-refractivity contribution in [2.24, 2.45) is 0 Å². The van der Waals surface area contributed by atoms with E-state index in [0.29, 0.717) is 0 Å². The summed E-state index contributed by atoms with van der Waals surface area (Å²) in [6.07, 6.45) is -0.496. The van der Waals surface area contributed by atoms with Gasteiger partial charge in [0.1, 0.15) is 0 Å². The number of carbonyl (C=O) groups is 1. The molecule has 0 aromatic heterocycles. The summed E-state index contributed by atoms with van der Waals surface area (Å²) < 4.78 is 25.7. The van der Waals surface area contributed by atoms with Crippen molar-refractivity contribution < 1.29 is 74.8 Å². The molecular formula is C4H5F2KO3. The normalized spacial score (nSPS) is 9.10. The van der Waals surface area contributed by atoms with Gasteiger partial charge in [-0.15, -0.1) is 0 Å². The minimum absolute atomic E-state index is 0. The van der Waals surface area contributed by atoms with E-state index >= 15 is 0 Å². The fourth-order valence-corrected chi connectivity index (χ4v) is 0.231. The van der Waals surface area contributed by atoms with Crippen LogP contribution < -0.4 is 56.5 Å². The monoisotopic (exact) mass is 178 g/mol. The number of halogens is 2. The zero-order valence-corrected chi connectivity index (χ0v) is 8.60. The van der Waals surface area contributed by atoms with Crippen LogP contribution in [-0.2, 0) is 9.53 Å². The summed E-state index contributed by atoms with van der Waals surface area (Å²) in [7, 11) is 0. The molecule has 0 aliphatic rings. The number of alkyl halides is 2. The zero-order chi connectivity index (χ0) is 7.28. The van der Waals surface area contributed by atoms with E-state index in [4.69, 9.17) is 0 Å². The number of carboxylic acids is 1. The average Bonchev–Trinajstić information content (AvgIpc) is 1.63.